The molecule has 0 N–H and O–H groups in total. The van der Waals surface area contributed by atoms with E-state index in [0.29, 0.717) is 35.6 Å². The number of carbonyl (C=O) groups is 2. The summed E-state index contributed by atoms with van der Waals surface area (Å²) in [6, 6.07) is 7.11. The summed E-state index contributed by atoms with van der Waals surface area (Å²) < 4.78 is 16.3. The Morgan fingerprint density at radius 2 is 1.97 bits per heavy atom. The lowest BCUT2D eigenvalue weighted by Gasteiger charge is -2.44. The first kappa shape index (κ1) is 21.4. The van der Waals surface area contributed by atoms with E-state index >= 15 is 0 Å². The number of piperidine rings is 1. The third-order valence-electron chi connectivity index (χ3n) is 6.52. The molecule has 7 nitrogen and oxygen atoms in total. The van der Waals surface area contributed by atoms with Crippen LogP contribution in [0.5, 0.6) is 5.75 Å². The fraction of sp³-hybridized carbons (Fsp3) is 0.542. The molecule has 1 saturated heterocycles. The minimum absolute atomic E-state index is 0.0873. The highest BCUT2D eigenvalue weighted by Crippen LogP contribution is 2.35. The molecule has 0 bridgehead atoms. The van der Waals surface area contributed by atoms with Gasteiger partial charge in [-0.05, 0) is 63.6 Å². The van der Waals surface area contributed by atoms with Crippen LogP contribution in [0.15, 0.2) is 28.8 Å². The number of rotatable bonds is 6. The Hall–Kier alpha value is -2.83. The van der Waals surface area contributed by atoms with Crippen molar-refractivity contribution in [3.63, 3.8) is 0 Å². The van der Waals surface area contributed by atoms with Crippen LogP contribution in [-0.2, 0) is 16.1 Å². The summed E-state index contributed by atoms with van der Waals surface area (Å²) in [6.45, 7) is 4.55. The monoisotopic (exact) mass is 426 g/mol. The Balaban J connectivity index is 1.32. The summed E-state index contributed by atoms with van der Waals surface area (Å²) in [7, 11) is 0. The van der Waals surface area contributed by atoms with Gasteiger partial charge in [-0.3, -0.25) is 4.79 Å². The van der Waals surface area contributed by atoms with E-state index in [4.69, 9.17) is 14.0 Å². The number of aryl methyl sites for hydroxylation is 2. The van der Waals surface area contributed by atoms with Gasteiger partial charge >= 0.3 is 5.97 Å². The molecule has 1 aromatic heterocycles. The molecule has 1 aliphatic carbocycles. The van der Waals surface area contributed by atoms with Crippen molar-refractivity contribution in [3.8, 4) is 5.75 Å². The second-order valence-electron chi connectivity index (χ2n) is 8.54. The molecule has 0 unspecified atom stereocenters. The number of fused-ring (bicyclic) bond motifs is 1. The highest BCUT2D eigenvalue weighted by atomic mass is 16.5. The van der Waals surface area contributed by atoms with E-state index in [1.165, 1.54) is 25.7 Å². The summed E-state index contributed by atoms with van der Waals surface area (Å²) in [5, 5.41) is 3.91. The van der Waals surface area contributed by atoms with Gasteiger partial charge in [0, 0.05) is 12.6 Å². The largest absolute Gasteiger partial charge is 0.489 e. The number of esters is 1. The van der Waals surface area contributed by atoms with Crippen LogP contribution in [0.25, 0.3) is 0 Å². The van der Waals surface area contributed by atoms with Gasteiger partial charge in [-0.25, -0.2) is 4.79 Å². The number of carbonyl (C=O) groups excluding carboxylic acids is 2. The van der Waals surface area contributed by atoms with E-state index in [2.05, 4.69) is 5.16 Å². The normalized spacial score (nSPS) is 20.8. The molecular formula is C24H30N2O5. The molecule has 2 aliphatic rings. The zero-order chi connectivity index (χ0) is 21.8. The predicted octanol–water partition coefficient (Wildman–Crippen LogP) is 4.21. The number of benzene rings is 1. The molecule has 2 aromatic rings. The number of nitrogens with zero attached hydrogens (tertiary/aromatic N) is 2. The zero-order valence-electron chi connectivity index (χ0n) is 18.3. The number of hydrogen-bond acceptors (Lipinski definition) is 6. The second-order valence-corrected chi connectivity index (χ2v) is 8.54. The minimum atomic E-state index is -0.520. The first-order valence-corrected chi connectivity index (χ1v) is 11.1. The van der Waals surface area contributed by atoms with Crippen LogP contribution in [0.3, 0.4) is 0 Å². The van der Waals surface area contributed by atoms with Crippen molar-refractivity contribution in [1.29, 1.82) is 0 Å². The lowest BCUT2D eigenvalue weighted by Crippen LogP contribution is -2.50. The van der Waals surface area contributed by atoms with E-state index in [9.17, 15) is 9.59 Å². The van der Waals surface area contributed by atoms with Crippen LogP contribution in [0.2, 0.25) is 0 Å². The number of ether oxygens (including phenoxy) is 2. The molecule has 1 aliphatic heterocycles. The summed E-state index contributed by atoms with van der Waals surface area (Å²) >= 11 is 0. The van der Waals surface area contributed by atoms with Gasteiger partial charge in [0.25, 0.3) is 5.91 Å². The summed E-state index contributed by atoms with van der Waals surface area (Å²) in [5.74, 6) is 1.25. The van der Waals surface area contributed by atoms with Crippen molar-refractivity contribution < 1.29 is 23.6 Å². The first-order valence-electron chi connectivity index (χ1n) is 11.1. The fourth-order valence-electron chi connectivity index (χ4n) is 4.80. The smallest absolute Gasteiger partial charge is 0.338 e. The first-order chi connectivity index (χ1) is 15.0. The molecule has 0 spiro atoms. The minimum Gasteiger partial charge on any atom is -0.489 e. The highest BCUT2D eigenvalue weighted by Gasteiger charge is 2.35. The Morgan fingerprint density at radius 1 is 1.16 bits per heavy atom. The van der Waals surface area contributed by atoms with Crippen molar-refractivity contribution in [1.82, 2.24) is 10.1 Å². The maximum Gasteiger partial charge on any atom is 0.338 e. The third-order valence-corrected chi connectivity index (χ3v) is 6.52. The van der Waals surface area contributed by atoms with E-state index in [1.807, 2.05) is 18.7 Å². The van der Waals surface area contributed by atoms with Gasteiger partial charge < -0.3 is 18.9 Å². The predicted molar refractivity (Wildman–Crippen MR) is 114 cm³/mol. The number of hydrogen-bond donors (Lipinski definition) is 0. The lowest BCUT2D eigenvalue weighted by atomic mass is 9.78. The van der Waals surface area contributed by atoms with Crippen LogP contribution in [0.4, 0.5) is 0 Å². The fourth-order valence-corrected chi connectivity index (χ4v) is 4.80. The number of amides is 1. The van der Waals surface area contributed by atoms with Crippen LogP contribution in [0, 0.1) is 19.8 Å². The number of likely N-dealkylation sites (tertiary alicyclic amines) is 1. The average molecular weight is 427 g/mol. The van der Waals surface area contributed by atoms with Gasteiger partial charge in [-0.15, -0.1) is 0 Å². The topological polar surface area (TPSA) is 81.9 Å². The highest BCUT2D eigenvalue weighted by molar-refractivity contribution is 5.91. The summed E-state index contributed by atoms with van der Waals surface area (Å²) in [4.78, 5) is 27.2. The molecule has 2 heterocycles. The van der Waals surface area contributed by atoms with Crippen molar-refractivity contribution in [2.45, 2.75) is 65.0 Å². The van der Waals surface area contributed by atoms with Crippen LogP contribution in [0.1, 0.15) is 65.9 Å². The Kier molecular flexibility index (Phi) is 6.59. The quantitative estimate of drug-likeness (QED) is 0.644. The Bertz CT molecular complexity index is 916. The van der Waals surface area contributed by atoms with Gasteiger partial charge in [0.05, 0.1) is 16.8 Å². The van der Waals surface area contributed by atoms with E-state index in [0.717, 1.165) is 30.6 Å². The zero-order valence-corrected chi connectivity index (χ0v) is 18.3. The molecule has 2 atom stereocenters. The Labute approximate surface area is 182 Å². The lowest BCUT2D eigenvalue weighted by molar-refractivity contribution is -0.140. The molecule has 2 fully saturated rings. The van der Waals surface area contributed by atoms with Crippen molar-refractivity contribution in [2.75, 3.05) is 13.2 Å². The van der Waals surface area contributed by atoms with Gasteiger partial charge in [-0.2, -0.15) is 0 Å². The SMILES string of the molecule is Cc1noc(C)c1COc1cccc(C(=O)OCC(=O)N2CCC[C@@H]3CCCC[C@H]32)c1. The van der Waals surface area contributed by atoms with Crippen LogP contribution < -0.4 is 4.74 Å². The van der Waals surface area contributed by atoms with Crippen LogP contribution in [-0.4, -0.2) is 41.1 Å². The van der Waals surface area contributed by atoms with Crippen molar-refractivity contribution in [2.24, 2.45) is 5.92 Å². The molecule has 1 saturated carbocycles. The van der Waals surface area contributed by atoms with Gasteiger partial charge in [0.2, 0.25) is 0 Å². The van der Waals surface area contributed by atoms with Gasteiger partial charge in [-0.1, -0.05) is 24.1 Å². The maximum atomic E-state index is 12.8. The molecule has 1 amide bonds. The second kappa shape index (κ2) is 9.54. The standard InChI is InChI=1S/C24H30N2O5/c1-16-21(17(2)31-25-16)14-29-20-10-5-8-19(13-20)24(28)30-15-23(27)26-12-6-9-18-7-3-4-11-22(18)26/h5,8,10,13,18,22H,3-4,6-7,9,11-12,14-15H2,1-2H3/t18-,22+/m0/s1. The van der Waals surface area contributed by atoms with Gasteiger partial charge in [0.15, 0.2) is 6.61 Å². The van der Waals surface area contributed by atoms with Crippen molar-refractivity contribution in [3.05, 3.63) is 46.8 Å². The van der Waals surface area contributed by atoms with E-state index in [-0.39, 0.29) is 12.5 Å². The van der Waals surface area contributed by atoms with Gasteiger partial charge in [0.1, 0.15) is 18.1 Å². The molecule has 1 aromatic carbocycles. The Morgan fingerprint density at radius 3 is 2.77 bits per heavy atom. The third kappa shape index (κ3) is 4.92. The summed E-state index contributed by atoms with van der Waals surface area (Å²) in [5.41, 5.74) is 2.03. The van der Waals surface area contributed by atoms with Crippen molar-refractivity contribution >= 4 is 11.9 Å². The number of aromatic nitrogens is 1. The maximum absolute atomic E-state index is 12.8. The molecular weight excluding hydrogens is 396 g/mol. The van der Waals surface area contributed by atoms with Crippen LogP contribution >= 0.6 is 0 Å². The molecule has 166 valence electrons. The molecule has 31 heavy (non-hydrogen) atoms. The van der Waals surface area contributed by atoms with E-state index < -0.39 is 5.97 Å². The molecule has 7 heteroatoms. The molecule has 0 radical (unpaired) electrons. The average Bonchev–Trinajstić information content (AvgIpc) is 3.12. The molecule has 4 rings (SSSR count). The summed E-state index contributed by atoms with van der Waals surface area (Å²) in [6.07, 6.45) is 6.93. The van der Waals surface area contributed by atoms with E-state index in [1.54, 1.807) is 24.3 Å².